The molecule has 0 bridgehead atoms. The van der Waals surface area contributed by atoms with Gasteiger partial charge in [-0.15, -0.1) is 0 Å². The maximum Gasteiger partial charge on any atom is 0.239 e. The fourth-order valence-corrected chi connectivity index (χ4v) is 5.30. The molecule has 0 aliphatic carbocycles. The van der Waals surface area contributed by atoms with Gasteiger partial charge in [0, 0.05) is 31.2 Å². The van der Waals surface area contributed by atoms with Crippen LogP contribution < -0.4 is 0 Å². The molecule has 1 atom stereocenters. The van der Waals surface area contributed by atoms with Crippen LogP contribution in [-0.4, -0.2) is 66.4 Å². The molecule has 4 nitrogen and oxygen atoms in total. The second kappa shape index (κ2) is 7.49. The van der Waals surface area contributed by atoms with E-state index in [1.54, 1.807) is 0 Å². The van der Waals surface area contributed by atoms with E-state index in [4.69, 9.17) is 11.6 Å². The predicted octanol–water partition coefficient (Wildman–Crippen LogP) is 3.25. The predicted molar refractivity (Wildman–Crippen MR) is 105 cm³/mol. The summed E-state index contributed by atoms with van der Waals surface area (Å²) in [4.78, 5) is 19.8. The number of hydrogen-bond acceptors (Lipinski definition) is 3. The van der Waals surface area contributed by atoms with E-state index in [9.17, 15) is 4.79 Å². The Morgan fingerprint density at radius 1 is 1.15 bits per heavy atom. The molecule has 0 aromatic heterocycles. The number of piperidine rings is 1. The van der Waals surface area contributed by atoms with Crippen LogP contribution in [0.5, 0.6) is 0 Å². The Hall–Kier alpha value is -1.10. The number of likely N-dealkylation sites (N-methyl/N-ethyl adjacent to an activating group) is 1. The second-order valence-corrected chi connectivity index (χ2v) is 8.94. The van der Waals surface area contributed by atoms with Crippen LogP contribution in [0.4, 0.5) is 0 Å². The maximum absolute atomic E-state index is 12.9. The van der Waals surface area contributed by atoms with Gasteiger partial charge in [0.05, 0.1) is 6.04 Å². The maximum atomic E-state index is 12.9. The van der Waals surface area contributed by atoms with E-state index in [1.165, 1.54) is 31.2 Å². The van der Waals surface area contributed by atoms with E-state index in [0.717, 1.165) is 50.7 Å². The fraction of sp³-hybridized carbons (Fsp3) is 0.667. The smallest absolute Gasteiger partial charge is 0.239 e. The van der Waals surface area contributed by atoms with Crippen molar-refractivity contribution in [2.45, 2.75) is 44.7 Å². The molecule has 0 N–H and O–H groups in total. The first kappa shape index (κ1) is 18.3. The van der Waals surface area contributed by atoms with Crippen LogP contribution >= 0.6 is 11.6 Å². The summed E-state index contributed by atoms with van der Waals surface area (Å²) in [5.74, 6) is 0.375. The lowest BCUT2D eigenvalue weighted by molar-refractivity contribution is -0.134. The number of halogens is 1. The normalized spacial score (nSPS) is 26.7. The van der Waals surface area contributed by atoms with Crippen molar-refractivity contribution in [3.63, 3.8) is 0 Å². The van der Waals surface area contributed by atoms with E-state index in [0.29, 0.717) is 11.3 Å². The number of carbonyl (C=O) groups excluding carboxylic acids is 1. The molecule has 5 heteroatoms. The van der Waals surface area contributed by atoms with Crippen molar-refractivity contribution in [3.8, 4) is 0 Å². The molecule has 1 aromatic rings. The lowest BCUT2D eigenvalue weighted by Crippen LogP contribution is -2.42. The molecule has 3 saturated heterocycles. The van der Waals surface area contributed by atoms with Crippen LogP contribution in [0.25, 0.3) is 0 Å². The summed E-state index contributed by atoms with van der Waals surface area (Å²) >= 11 is 6.32. The van der Waals surface area contributed by atoms with Gasteiger partial charge in [0.1, 0.15) is 0 Å². The molecule has 1 spiro atoms. The molecule has 3 aliphatic heterocycles. The van der Waals surface area contributed by atoms with Crippen LogP contribution in [-0.2, 0) is 11.3 Å². The Morgan fingerprint density at radius 3 is 2.54 bits per heavy atom. The van der Waals surface area contributed by atoms with Gasteiger partial charge in [-0.3, -0.25) is 14.6 Å². The van der Waals surface area contributed by atoms with E-state index in [-0.39, 0.29) is 6.04 Å². The molecule has 1 unspecified atom stereocenters. The first-order valence-electron chi connectivity index (χ1n) is 10.0. The van der Waals surface area contributed by atoms with Crippen molar-refractivity contribution >= 4 is 17.5 Å². The van der Waals surface area contributed by atoms with Gasteiger partial charge in [-0.2, -0.15) is 0 Å². The Labute approximate surface area is 162 Å². The van der Waals surface area contributed by atoms with E-state index in [2.05, 4.69) is 33.9 Å². The van der Waals surface area contributed by atoms with Crippen molar-refractivity contribution in [2.75, 3.05) is 39.8 Å². The standard InChI is InChI=1S/C21H30ClN3O/c1-23-16-21(14-19(23)20(26)25-10-4-5-11-25)8-12-24(13-9-21)15-17-6-2-3-7-18(17)22/h2-3,6-7,19H,4-5,8-16H2,1H3. The number of amides is 1. The molecule has 26 heavy (non-hydrogen) atoms. The molecule has 4 rings (SSSR count). The highest BCUT2D eigenvalue weighted by Gasteiger charge is 2.47. The minimum atomic E-state index is 0.100. The zero-order chi connectivity index (χ0) is 18.1. The Bertz CT molecular complexity index is 650. The number of rotatable bonds is 3. The van der Waals surface area contributed by atoms with Gasteiger partial charge < -0.3 is 4.90 Å². The van der Waals surface area contributed by atoms with Crippen molar-refractivity contribution in [3.05, 3.63) is 34.9 Å². The summed E-state index contributed by atoms with van der Waals surface area (Å²) in [7, 11) is 2.14. The summed E-state index contributed by atoms with van der Waals surface area (Å²) in [5.41, 5.74) is 1.54. The van der Waals surface area contributed by atoms with Crippen molar-refractivity contribution < 1.29 is 4.79 Å². The molecule has 1 aromatic carbocycles. The highest BCUT2D eigenvalue weighted by molar-refractivity contribution is 6.31. The molecular weight excluding hydrogens is 346 g/mol. The summed E-state index contributed by atoms with van der Waals surface area (Å²) in [6.07, 6.45) is 5.75. The summed E-state index contributed by atoms with van der Waals surface area (Å²) in [5, 5.41) is 0.865. The van der Waals surface area contributed by atoms with Crippen molar-refractivity contribution in [1.29, 1.82) is 0 Å². The number of likely N-dealkylation sites (tertiary alicyclic amines) is 3. The van der Waals surface area contributed by atoms with Gasteiger partial charge in [-0.05, 0) is 69.3 Å². The summed E-state index contributed by atoms with van der Waals surface area (Å²) in [6, 6.07) is 8.25. The minimum absolute atomic E-state index is 0.100. The van der Waals surface area contributed by atoms with Crippen LogP contribution in [0.15, 0.2) is 24.3 Å². The number of nitrogens with zero attached hydrogens (tertiary/aromatic N) is 3. The largest absolute Gasteiger partial charge is 0.341 e. The van der Waals surface area contributed by atoms with Crippen LogP contribution in [0.3, 0.4) is 0 Å². The molecule has 3 aliphatic rings. The number of benzene rings is 1. The molecule has 3 fully saturated rings. The molecule has 142 valence electrons. The molecular formula is C21H30ClN3O. The lowest BCUT2D eigenvalue weighted by atomic mass is 9.76. The first-order valence-corrected chi connectivity index (χ1v) is 10.4. The average Bonchev–Trinajstić information content (AvgIpc) is 3.27. The highest BCUT2D eigenvalue weighted by Crippen LogP contribution is 2.43. The second-order valence-electron chi connectivity index (χ2n) is 8.53. The van der Waals surface area contributed by atoms with Gasteiger partial charge >= 0.3 is 0 Å². The van der Waals surface area contributed by atoms with Crippen LogP contribution in [0.1, 0.15) is 37.7 Å². The molecule has 1 amide bonds. The van der Waals surface area contributed by atoms with Crippen molar-refractivity contribution in [1.82, 2.24) is 14.7 Å². The van der Waals surface area contributed by atoms with Crippen molar-refractivity contribution in [2.24, 2.45) is 5.41 Å². The Morgan fingerprint density at radius 2 is 1.85 bits per heavy atom. The highest BCUT2D eigenvalue weighted by atomic mass is 35.5. The van der Waals surface area contributed by atoms with Gasteiger partial charge in [-0.1, -0.05) is 29.8 Å². The molecule has 0 saturated carbocycles. The topological polar surface area (TPSA) is 26.8 Å². The molecule has 0 radical (unpaired) electrons. The van der Waals surface area contributed by atoms with Gasteiger partial charge in [0.2, 0.25) is 5.91 Å². The van der Waals surface area contributed by atoms with Crippen LogP contribution in [0.2, 0.25) is 5.02 Å². The summed E-state index contributed by atoms with van der Waals surface area (Å²) in [6.45, 7) is 6.12. The molecule has 3 heterocycles. The van der Waals surface area contributed by atoms with E-state index >= 15 is 0 Å². The monoisotopic (exact) mass is 375 g/mol. The Balaban J connectivity index is 1.35. The van der Waals surface area contributed by atoms with E-state index in [1.807, 2.05) is 12.1 Å². The fourth-order valence-electron chi connectivity index (χ4n) is 5.11. The third kappa shape index (κ3) is 3.64. The van der Waals surface area contributed by atoms with Gasteiger partial charge in [0.15, 0.2) is 0 Å². The third-order valence-corrected chi connectivity index (χ3v) is 7.08. The third-order valence-electron chi connectivity index (χ3n) is 6.71. The quantitative estimate of drug-likeness (QED) is 0.811. The minimum Gasteiger partial charge on any atom is -0.341 e. The van der Waals surface area contributed by atoms with E-state index < -0.39 is 0 Å². The average molecular weight is 376 g/mol. The SMILES string of the molecule is CN1CC2(CCN(Cc3ccccc3Cl)CC2)CC1C(=O)N1CCCC1. The zero-order valence-corrected chi connectivity index (χ0v) is 16.5. The first-order chi connectivity index (χ1) is 12.6. The zero-order valence-electron chi connectivity index (χ0n) is 15.8. The van der Waals surface area contributed by atoms with Gasteiger partial charge in [-0.25, -0.2) is 0 Å². The Kier molecular flexibility index (Phi) is 5.27. The van der Waals surface area contributed by atoms with Crippen LogP contribution in [0, 0.1) is 5.41 Å². The van der Waals surface area contributed by atoms with Gasteiger partial charge in [0.25, 0.3) is 0 Å². The number of hydrogen-bond donors (Lipinski definition) is 0. The summed E-state index contributed by atoms with van der Waals surface area (Å²) < 4.78 is 0. The lowest BCUT2D eigenvalue weighted by Gasteiger charge is -2.39. The number of carbonyl (C=O) groups is 1.